The van der Waals surface area contributed by atoms with Gasteiger partial charge in [-0.3, -0.25) is 34.3 Å². The van der Waals surface area contributed by atoms with Crippen molar-refractivity contribution in [2.45, 2.75) is 6.42 Å². The number of thiazole rings is 1. The summed E-state index contributed by atoms with van der Waals surface area (Å²) in [7, 11) is 1.52. The molecule has 0 radical (unpaired) electrons. The van der Waals surface area contributed by atoms with E-state index >= 15 is 0 Å². The number of benzene rings is 2. The van der Waals surface area contributed by atoms with Gasteiger partial charge in [0.2, 0.25) is 5.91 Å². The minimum absolute atomic E-state index is 0.0238. The number of carbonyl (C=O) groups is 3. The molecular weight excluding hydrogens is 460 g/mol. The molecule has 0 bridgehead atoms. The van der Waals surface area contributed by atoms with Gasteiger partial charge in [0, 0.05) is 43.2 Å². The number of anilines is 1. The summed E-state index contributed by atoms with van der Waals surface area (Å²) < 4.78 is 5.13. The van der Waals surface area contributed by atoms with Crippen LogP contribution >= 0.6 is 11.3 Å². The van der Waals surface area contributed by atoms with Crippen molar-refractivity contribution in [1.29, 1.82) is 0 Å². The fraction of sp³-hybridized carbons (Fsp3) is 0.217. The fourth-order valence-electron chi connectivity index (χ4n) is 3.57. The molecular formula is C23H20N4O6S. The quantitative estimate of drug-likeness (QED) is 0.261. The van der Waals surface area contributed by atoms with Crippen LogP contribution in [-0.2, 0) is 9.53 Å². The maximum absolute atomic E-state index is 13.1. The van der Waals surface area contributed by atoms with E-state index in [9.17, 15) is 24.5 Å². The SMILES string of the molecule is COCCN(C(=O)CCN1C(=O)c2ccccc2C1=O)c1nc(-c2ccc([N+](=O)[O-])cc2)cs1. The summed E-state index contributed by atoms with van der Waals surface area (Å²) >= 11 is 1.25. The van der Waals surface area contributed by atoms with Gasteiger partial charge in [-0.15, -0.1) is 11.3 Å². The number of imide groups is 1. The highest BCUT2D eigenvalue weighted by atomic mass is 32.1. The molecule has 11 heteroatoms. The van der Waals surface area contributed by atoms with Crippen molar-refractivity contribution < 1.29 is 24.0 Å². The van der Waals surface area contributed by atoms with Crippen molar-refractivity contribution in [3.05, 3.63) is 75.2 Å². The molecule has 0 saturated carbocycles. The number of ether oxygens (including phenoxy) is 1. The first-order chi connectivity index (χ1) is 16.4. The fourth-order valence-corrected chi connectivity index (χ4v) is 4.45. The maximum atomic E-state index is 13.1. The number of hydrogen-bond donors (Lipinski definition) is 0. The predicted molar refractivity (Wildman–Crippen MR) is 125 cm³/mol. The number of nitro groups is 1. The number of carbonyl (C=O) groups excluding carboxylic acids is 3. The highest BCUT2D eigenvalue weighted by Gasteiger charge is 2.35. The smallest absolute Gasteiger partial charge is 0.269 e. The van der Waals surface area contributed by atoms with Crippen LogP contribution in [0.15, 0.2) is 53.9 Å². The monoisotopic (exact) mass is 480 g/mol. The Bertz CT molecular complexity index is 1220. The normalized spacial score (nSPS) is 12.7. The number of nitro benzene ring substituents is 1. The number of non-ortho nitro benzene ring substituents is 1. The molecule has 3 amide bonds. The lowest BCUT2D eigenvalue weighted by molar-refractivity contribution is -0.384. The van der Waals surface area contributed by atoms with Gasteiger partial charge in [-0.05, 0) is 24.3 Å². The van der Waals surface area contributed by atoms with Crippen LogP contribution in [0.1, 0.15) is 27.1 Å². The van der Waals surface area contributed by atoms with Crippen LogP contribution in [0.3, 0.4) is 0 Å². The Morgan fingerprint density at radius 2 is 1.76 bits per heavy atom. The molecule has 174 valence electrons. The number of hydrogen-bond acceptors (Lipinski definition) is 8. The van der Waals surface area contributed by atoms with Gasteiger partial charge in [0.05, 0.1) is 34.9 Å². The van der Waals surface area contributed by atoms with Gasteiger partial charge < -0.3 is 4.74 Å². The average molecular weight is 481 g/mol. The highest BCUT2D eigenvalue weighted by molar-refractivity contribution is 7.14. The summed E-state index contributed by atoms with van der Waals surface area (Å²) in [6.07, 6.45) is -0.0678. The maximum Gasteiger partial charge on any atom is 0.269 e. The van der Waals surface area contributed by atoms with Crippen LogP contribution in [0.4, 0.5) is 10.8 Å². The number of nitrogens with zero attached hydrogens (tertiary/aromatic N) is 4. The zero-order valence-electron chi connectivity index (χ0n) is 18.2. The Morgan fingerprint density at radius 3 is 2.35 bits per heavy atom. The molecule has 1 aliphatic heterocycles. The molecule has 0 N–H and O–H groups in total. The Balaban J connectivity index is 1.48. The van der Waals surface area contributed by atoms with Gasteiger partial charge in [0.1, 0.15) is 0 Å². The van der Waals surface area contributed by atoms with E-state index in [1.54, 1.807) is 41.8 Å². The lowest BCUT2D eigenvalue weighted by atomic mass is 10.1. The Kier molecular flexibility index (Phi) is 6.75. The van der Waals surface area contributed by atoms with E-state index in [-0.39, 0.29) is 37.7 Å². The van der Waals surface area contributed by atoms with Crippen molar-refractivity contribution >= 4 is 39.9 Å². The van der Waals surface area contributed by atoms with E-state index in [4.69, 9.17) is 4.74 Å². The second-order valence-electron chi connectivity index (χ2n) is 7.42. The number of amides is 3. The topological polar surface area (TPSA) is 123 Å². The summed E-state index contributed by atoms with van der Waals surface area (Å²) in [5, 5.41) is 13.1. The van der Waals surface area contributed by atoms with Gasteiger partial charge in [0.15, 0.2) is 5.13 Å². The highest BCUT2D eigenvalue weighted by Crippen LogP contribution is 2.29. The van der Waals surface area contributed by atoms with Crippen LogP contribution in [0.2, 0.25) is 0 Å². The molecule has 10 nitrogen and oxygen atoms in total. The summed E-state index contributed by atoms with van der Waals surface area (Å²) in [5.41, 5.74) is 1.90. The standard InChI is InChI=1S/C23H20N4O6S/c1-33-13-12-25(23-24-19(14-34-23)15-6-8-16(9-7-15)27(31)32)20(28)10-11-26-21(29)17-4-2-3-5-18(17)22(26)30/h2-9,14H,10-13H2,1H3. The first kappa shape index (κ1) is 23.2. The minimum atomic E-state index is -0.476. The molecule has 2 heterocycles. The lowest BCUT2D eigenvalue weighted by Gasteiger charge is -2.21. The van der Waals surface area contributed by atoms with Crippen LogP contribution in [0, 0.1) is 10.1 Å². The zero-order chi connectivity index (χ0) is 24.2. The third-order valence-corrected chi connectivity index (χ3v) is 6.21. The van der Waals surface area contributed by atoms with Crippen LogP contribution in [-0.4, -0.2) is 59.3 Å². The van der Waals surface area contributed by atoms with Crippen LogP contribution in [0.25, 0.3) is 11.3 Å². The molecule has 0 unspecified atom stereocenters. The molecule has 0 fully saturated rings. The van der Waals surface area contributed by atoms with Crippen LogP contribution < -0.4 is 4.90 Å². The van der Waals surface area contributed by atoms with E-state index in [2.05, 4.69) is 4.98 Å². The largest absolute Gasteiger partial charge is 0.383 e. The van der Waals surface area contributed by atoms with Crippen molar-refractivity contribution in [3.8, 4) is 11.3 Å². The summed E-state index contributed by atoms with van der Waals surface area (Å²) in [4.78, 5) is 55.7. The molecule has 4 rings (SSSR count). The molecule has 3 aromatic rings. The van der Waals surface area contributed by atoms with E-state index in [0.29, 0.717) is 27.5 Å². The predicted octanol–water partition coefficient (Wildman–Crippen LogP) is 3.38. The summed E-state index contributed by atoms with van der Waals surface area (Å²) in [6.45, 7) is 0.463. The van der Waals surface area contributed by atoms with Crippen molar-refractivity contribution in [1.82, 2.24) is 9.88 Å². The Morgan fingerprint density at radius 1 is 1.12 bits per heavy atom. The lowest BCUT2D eigenvalue weighted by Crippen LogP contribution is -2.38. The third-order valence-electron chi connectivity index (χ3n) is 5.34. The van der Waals surface area contributed by atoms with Crippen molar-refractivity contribution in [2.24, 2.45) is 0 Å². The number of aromatic nitrogens is 1. The first-order valence-corrected chi connectivity index (χ1v) is 11.2. The molecule has 2 aromatic carbocycles. The average Bonchev–Trinajstić information content (AvgIpc) is 3.42. The second-order valence-corrected chi connectivity index (χ2v) is 8.25. The second kappa shape index (κ2) is 9.89. The zero-order valence-corrected chi connectivity index (χ0v) is 19.0. The van der Waals surface area contributed by atoms with Gasteiger partial charge in [-0.2, -0.15) is 0 Å². The van der Waals surface area contributed by atoms with Crippen molar-refractivity contribution in [2.75, 3.05) is 31.7 Å². The summed E-state index contributed by atoms with van der Waals surface area (Å²) in [5.74, 6) is -1.13. The molecule has 0 atom stereocenters. The molecule has 34 heavy (non-hydrogen) atoms. The van der Waals surface area contributed by atoms with Crippen LogP contribution in [0.5, 0.6) is 0 Å². The summed E-state index contributed by atoms with van der Waals surface area (Å²) in [6, 6.07) is 12.6. The van der Waals surface area contributed by atoms with E-state index in [1.807, 2.05) is 0 Å². The minimum Gasteiger partial charge on any atom is -0.383 e. The molecule has 0 spiro atoms. The molecule has 0 aliphatic carbocycles. The van der Waals surface area contributed by atoms with Gasteiger partial charge in [0.25, 0.3) is 17.5 Å². The molecule has 1 aliphatic rings. The third kappa shape index (κ3) is 4.56. The van der Waals surface area contributed by atoms with Gasteiger partial charge in [-0.25, -0.2) is 4.98 Å². The first-order valence-electron chi connectivity index (χ1n) is 10.4. The number of methoxy groups -OCH3 is 1. The number of fused-ring (bicyclic) bond motifs is 1. The van der Waals surface area contributed by atoms with Gasteiger partial charge >= 0.3 is 0 Å². The Labute approximate surface area is 198 Å². The molecule has 0 saturated heterocycles. The van der Waals surface area contributed by atoms with Gasteiger partial charge in [-0.1, -0.05) is 12.1 Å². The molecule has 1 aromatic heterocycles. The number of rotatable bonds is 9. The van der Waals surface area contributed by atoms with Crippen molar-refractivity contribution in [3.63, 3.8) is 0 Å². The Hall–Kier alpha value is -3.96. The van der Waals surface area contributed by atoms with E-state index < -0.39 is 16.7 Å². The van der Waals surface area contributed by atoms with E-state index in [1.165, 1.54) is 35.5 Å². The van der Waals surface area contributed by atoms with E-state index in [0.717, 1.165) is 4.90 Å².